The average Bonchev–Trinajstić information content (AvgIpc) is 3.31. The molecule has 1 aliphatic heterocycles. The highest BCUT2D eigenvalue weighted by Crippen LogP contribution is 2.32. The van der Waals surface area contributed by atoms with Crippen molar-refractivity contribution in [3.63, 3.8) is 0 Å². The first-order valence-corrected chi connectivity index (χ1v) is 8.17. The van der Waals surface area contributed by atoms with Gasteiger partial charge in [-0.25, -0.2) is 0 Å². The van der Waals surface area contributed by atoms with Crippen molar-refractivity contribution in [2.75, 3.05) is 19.7 Å². The van der Waals surface area contributed by atoms with Gasteiger partial charge in [0.15, 0.2) is 0 Å². The Morgan fingerprint density at radius 2 is 1.70 bits per heavy atom. The van der Waals surface area contributed by atoms with E-state index in [1.54, 1.807) is 0 Å². The predicted octanol–water partition coefficient (Wildman–Crippen LogP) is 2.76. The van der Waals surface area contributed by atoms with Gasteiger partial charge in [-0.3, -0.25) is 9.59 Å². The van der Waals surface area contributed by atoms with Crippen molar-refractivity contribution < 1.29 is 14.3 Å². The van der Waals surface area contributed by atoms with Crippen LogP contribution in [0.15, 0.2) is 0 Å². The number of carbonyl (C=O) groups excluding carboxylic acids is 2. The lowest BCUT2D eigenvalue weighted by Crippen LogP contribution is -2.41. The van der Waals surface area contributed by atoms with Crippen LogP contribution in [0.2, 0.25) is 0 Å². The Hall–Kier alpha value is -1.06. The molecule has 0 aromatic heterocycles. The molecule has 0 N–H and O–H groups in total. The molecule has 0 unspecified atom stereocenters. The Kier molecular flexibility index (Phi) is 5.86. The fourth-order valence-electron chi connectivity index (χ4n) is 2.74. The van der Waals surface area contributed by atoms with E-state index in [4.69, 9.17) is 4.74 Å². The monoisotopic (exact) mass is 281 g/mol. The average molecular weight is 281 g/mol. The van der Waals surface area contributed by atoms with E-state index in [0.29, 0.717) is 12.5 Å². The van der Waals surface area contributed by atoms with Gasteiger partial charge < -0.3 is 9.64 Å². The van der Waals surface area contributed by atoms with E-state index in [0.717, 1.165) is 51.6 Å². The highest BCUT2D eigenvalue weighted by Gasteiger charge is 2.36. The molecule has 4 heteroatoms. The van der Waals surface area contributed by atoms with E-state index in [1.165, 1.54) is 12.8 Å². The highest BCUT2D eigenvalue weighted by molar-refractivity contribution is 5.81. The maximum absolute atomic E-state index is 11.9. The van der Waals surface area contributed by atoms with Gasteiger partial charge in [0.05, 0.1) is 12.5 Å². The summed E-state index contributed by atoms with van der Waals surface area (Å²) in [7, 11) is 0. The molecule has 114 valence electrons. The van der Waals surface area contributed by atoms with E-state index in [-0.39, 0.29) is 17.8 Å². The third kappa shape index (κ3) is 4.50. The molecular weight excluding hydrogens is 254 g/mol. The first-order chi connectivity index (χ1) is 9.72. The maximum Gasteiger partial charge on any atom is 0.309 e. The Bertz CT molecular complexity index is 331. The van der Waals surface area contributed by atoms with Crippen molar-refractivity contribution in [1.82, 2.24) is 4.90 Å². The van der Waals surface area contributed by atoms with E-state index >= 15 is 0 Å². The molecule has 0 radical (unpaired) electrons. The summed E-state index contributed by atoms with van der Waals surface area (Å²) in [6.07, 6.45) is 8.16. The lowest BCUT2D eigenvalue weighted by Gasteiger charge is -2.31. The molecule has 2 rings (SSSR count). The van der Waals surface area contributed by atoms with E-state index in [2.05, 4.69) is 6.92 Å². The van der Waals surface area contributed by atoms with Gasteiger partial charge in [0, 0.05) is 19.0 Å². The number of unbranched alkanes of at least 4 members (excludes halogenated alkanes) is 3. The Labute approximate surface area is 121 Å². The van der Waals surface area contributed by atoms with Gasteiger partial charge in [-0.1, -0.05) is 26.2 Å². The van der Waals surface area contributed by atoms with Crippen molar-refractivity contribution in [3.8, 4) is 0 Å². The second-order valence-corrected chi connectivity index (χ2v) is 6.10. The van der Waals surface area contributed by atoms with Gasteiger partial charge in [-0.05, 0) is 32.1 Å². The molecular formula is C16H27NO3. The summed E-state index contributed by atoms with van der Waals surface area (Å²) in [4.78, 5) is 25.8. The summed E-state index contributed by atoms with van der Waals surface area (Å²) >= 11 is 0. The molecule has 2 aliphatic rings. The molecule has 1 amide bonds. The normalized spacial score (nSPS) is 19.9. The summed E-state index contributed by atoms with van der Waals surface area (Å²) in [6, 6.07) is 0. The van der Waals surface area contributed by atoms with E-state index in [9.17, 15) is 9.59 Å². The highest BCUT2D eigenvalue weighted by atomic mass is 16.5. The lowest BCUT2D eigenvalue weighted by molar-refractivity contribution is -0.152. The number of rotatable bonds is 7. The van der Waals surface area contributed by atoms with Crippen LogP contribution in [-0.2, 0) is 14.3 Å². The zero-order valence-electron chi connectivity index (χ0n) is 12.6. The van der Waals surface area contributed by atoms with Gasteiger partial charge in [-0.2, -0.15) is 0 Å². The van der Waals surface area contributed by atoms with Crippen molar-refractivity contribution in [1.29, 1.82) is 0 Å². The Morgan fingerprint density at radius 3 is 2.30 bits per heavy atom. The fourth-order valence-corrected chi connectivity index (χ4v) is 2.74. The second-order valence-electron chi connectivity index (χ2n) is 6.10. The molecule has 0 aromatic rings. The van der Waals surface area contributed by atoms with Crippen LogP contribution in [0.1, 0.15) is 58.3 Å². The smallest absolute Gasteiger partial charge is 0.309 e. The summed E-state index contributed by atoms with van der Waals surface area (Å²) in [5.74, 6) is 0.540. The molecule has 0 atom stereocenters. The maximum atomic E-state index is 11.9. The number of likely N-dealkylation sites (tertiary alicyclic amines) is 1. The van der Waals surface area contributed by atoms with Crippen molar-refractivity contribution in [3.05, 3.63) is 0 Å². The number of carbonyl (C=O) groups is 2. The minimum absolute atomic E-state index is 0.00410. The number of piperidine rings is 1. The van der Waals surface area contributed by atoms with Crippen molar-refractivity contribution in [2.45, 2.75) is 58.3 Å². The quantitative estimate of drug-likeness (QED) is 0.532. The minimum atomic E-state index is -0.0555. The van der Waals surface area contributed by atoms with Crippen LogP contribution in [0.3, 0.4) is 0 Å². The summed E-state index contributed by atoms with van der Waals surface area (Å²) in [5, 5.41) is 0. The lowest BCUT2D eigenvalue weighted by atomic mass is 9.96. The molecule has 20 heavy (non-hydrogen) atoms. The first kappa shape index (κ1) is 15.3. The standard InChI is InChI=1S/C16H27NO3/c1-2-3-4-5-12-20-16(19)14-8-10-17(11-9-14)15(18)13-6-7-13/h13-14H,2-12H2,1H3. The number of esters is 1. The van der Waals surface area contributed by atoms with Gasteiger partial charge in [0.2, 0.25) is 5.91 Å². The molecule has 0 bridgehead atoms. The number of hydrogen-bond donors (Lipinski definition) is 0. The zero-order valence-corrected chi connectivity index (χ0v) is 12.6. The van der Waals surface area contributed by atoms with Crippen molar-refractivity contribution in [2.24, 2.45) is 11.8 Å². The van der Waals surface area contributed by atoms with E-state index < -0.39 is 0 Å². The fraction of sp³-hybridized carbons (Fsp3) is 0.875. The molecule has 0 spiro atoms. The summed E-state index contributed by atoms with van der Waals surface area (Å²) in [6.45, 7) is 4.18. The molecule has 4 nitrogen and oxygen atoms in total. The molecule has 1 saturated heterocycles. The third-order valence-corrected chi connectivity index (χ3v) is 4.31. The third-order valence-electron chi connectivity index (χ3n) is 4.31. The topological polar surface area (TPSA) is 46.6 Å². The van der Waals surface area contributed by atoms with Crippen LogP contribution in [0.4, 0.5) is 0 Å². The van der Waals surface area contributed by atoms with E-state index in [1.807, 2.05) is 4.90 Å². The summed E-state index contributed by atoms with van der Waals surface area (Å²) in [5.41, 5.74) is 0. The largest absolute Gasteiger partial charge is 0.465 e. The van der Waals surface area contributed by atoms with Crippen LogP contribution < -0.4 is 0 Å². The van der Waals surface area contributed by atoms with Crippen LogP contribution in [0, 0.1) is 11.8 Å². The molecule has 1 saturated carbocycles. The van der Waals surface area contributed by atoms with Crippen LogP contribution in [0.25, 0.3) is 0 Å². The predicted molar refractivity (Wildman–Crippen MR) is 77.1 cm³/mol. The second kappa shape index (κ2) is 7.65. The number of nitrogens with zero attached hydrogens (tertiary/aromatic N) is 1. The van der Waals surface area contributed by atoms with Gasteiger partial charge in [-0.15, -0.1) is 0 Å². The van der Waals surface area contributed by atoms with Crippen molar-refractivity contribution >= 4 is 11.9 Å². The Balaban J connectivity index is 1.60. The van der Waals surface area contributed by atoms with Gasteiger partial charge >= 0.3 is 5.97 Å². The van der Waals surface area contributed by atoms with Gasteiger partial charge in [0.1, 0.15) is 0 Å². The molecule has 1 heterocycles. The van der Waals surface area contributed by atoms with Crippen LogP contribution in [-0.4, -0.2) is 36.5 Å². The molecule has 0 aromatic carbocycles. The van der Waals surface area contributed by atoms with Gasteiger partial charge in [0.25, 0.3) is 0 Å². The zero-order chi connectivity index (χ0) is 14.4. The Morgan fingerprint density at radius 1 is 1.00 bits per heavy atom. The number of hydrogen-bond acceptors (Lipinski definition) is 3. The number of ether oxygens (including phenoxy) is 1. The van der Waals surface area contributed by atoms with Crippen LogP contribution >= 0.6 is 0 Å². The number of amides is 1. The molecule has 2 fully saturated rings. The summed E-state index contributed by atoms with van der Waals surface area (Å²) < 4.78 is 5.34. The SMILES string of the molecule is CCCCCCOC(=O)C1CCN(C(=O)C2CC2)CC1. The first-order valence-electron chi connectivity index (χ1n) is 8.17. The molecule has 1 aliphatic carbocycles. The van der Waals surface area contributed by atoms with Crippen LogP contribution in [0.5, 0.6) is 0 Å². The minimum Gasteiger partial charge on any atom is -0.465 e.